The van der Waals surface area contributed by atoms with E-state index in [2.05, 4.69) is 199 Å². The van der Waals surface area contributed by atoms with Crippen LogP contribution in [-0.2, 0) is 0 Å². The average molecular weight is 682 g/mol. The van der Waals surface area contributed by atoms with E-state index in [0.29, 0.717) is 5.92 Å². The first-order valence-corrected chi connectivity index (χ1v) is 19.1. The topological polar surface area (TPSA) is 3.24 Å². The smallest absolute Gasteiger partial charge is 0.0462 e. The molecule has 0 atom stereocenters. The molecule has 0 bridgehead atoms. The highest BCUT2D eigenvalue weighted by Gasteiger charge is 2.17. The Balaban J connectivity index is 1.02. The van der Waals surface area contributed by atoms with Gasteiger partial charge in [-0.05, 0) is 116 Å². The lowest BCUT2D eigenvalue weighted by molar-refractivity contribution is 0.444. The highest BCUT2D eigenvalue weighted by atomic mass is 15.1. The summed E-state index contributed by atoms with van der Waals surface area (Å²) in [5.41, 5.74) is 14.8. The third-order valence-corrected chi connectivity index (χ3v) is 11.1. The van der Waals surface area contributed by atoms with Crippen LogP contribution in [0, 0.1) is 0 Å². The van der Waals surface area contributed by atoms with Gasteiger partial charge in [0.05, 0.1) is 0 Å². The van der Waals surface area contributed by atoms with Gasteiger partial charge in [0.25, 0.3) is 0 Å². The van der Waals surface area contributed by atoms with Gasteiger partial charge in [-0.25, -0.2) is 0 Å². The van der Waals surface area contributed by atoms with Gasteiger partial charge in [-0.3, -0.25) is 0 Å². The monoisotopic (exact) mass is 681 g/mol. The lowest BCUT2D eigenvalue weighted by atomic mass is 9.83. The van der Waals surface area contributed by atoms with E-state index in [1.54, 1.807) is 0 Å². The molecule has 0 aromatic heterocycles. The van der Waals surface area contributed by atoms with Crippen molar-refractivity contribution in [2.45, 2.75) is 38.0 Å². The summed E-state index contributed by atoms with van der Waals surface area (Å²) in [7, 11) is 0. The fourth-order valence-corrected chi connectivity index (χ4v) is 8.21. The molecule has 256 valence electrons. The molecule has 0 spiro atoms. The highest BCUT2D eigenvalue weighted by Crippen LogP contribution is 2.39. The Hall–Kier alpha value is -6.18. The number of hydrogen-bond donors (Lipinski definition) is 0. The van der Waals surface area contributed by atoms with Gasteiger partial charge in [-0.1, -0.05) is 177 Å². The third-order valence-electron chi connectivity index (χ3n) is 11.1. The van der Waals surface area contributed by atoms with Gasteiger partial charge >= 0.3 is 0 Å². The first-order valence-electron chi connectivity index (χ1n) is 19.1. The summed E-state index contributed by atoms with van der Waals surface area (Å²) < 4.78 is 0. The number of benzene rings is 8. The molecule has 8 aromatic rings. The number of anilines is 3. The van der Waals surface area contributed by atoms with Crippen molar-refractivity contribution in [1.82, 2.24) is 0 Å². The molecule has 0 saturated heterocycles. The fraction of sp³-hybridized carbons (Fsp3) is 0.115. The molecule has 1 fully saturated rings. The van der Waals surface area contributed by atoms with Crippen LogP contribution in [0.5, 0.6) is 0 Å². The molecule has 0 unspecified atom stereocenters. The van der Waals surface area contributed by atoms with Crippen molar-refractivity contribution in [2.75, 3.05) is 4.90 Å². The Bertz CT molecular complexity index is 2430. The van der Waals surface area contributed by atoms with Crippen LogP contribution >= 0.6 is 0 Å². The number of rotatable bonds is 8. The molecule has 0 amide bonds. The lowest BCUT2D eigenvalue weighted by Gasteiger charge is -2.26. The highest BCUT2D eigenvalue weighted by molar-refractivity contribution is 5.97. The summed E-state index contributed by atoms with van der Waals surface area (Å²) in [5.74, 6) is 0.697. The summed E-state index contributed by atoms with van der Waals surface area (Å²) in [4.78, 5) is 2.37. The van der Waals surface area contributed by atoms with Gasteiger partial charge < -0.3 is 4.90 Å². The Morgan fingerprint density at radius 3 is 1.42 bits per heavy atom. The summed E-state index contributed by atoms with van der Waals surface area (Å²) in [6.45, 7) is 0. The molecule has 9 rings (SSSR count). The van der Waals surface area contributed by atoms with Crippen LogP contribution in [0.25, 0.3) is 55.3 Å². The molecule has 0 heterocycles. The Morgan fingerprint density at radius 2 is 0.792 bits per heavy atom. The van der Waals surface area contributed by atoms with Gasteiger partial charge in [-0.15, -0.1) is 0 Å². The zero-order valence-corrected chi connectivity index (χ0v) is 30.0. The maximum Gasteiger partial charge on any atom is 0.0462 e. The minimum atomic E-state index is 0.697. The largest absolute Gasteiger partial charge is 0.311 e. The number of nitrogens with zero attached hydrogens (tertiary/aromatic N) is 1. The lowest BCUT2D eigenvalue weighted by Crippen LogP contribution is -2.09. The van der Waals surface area contributed by atoms with Gasteiger partial charge in [0, 0.05) is 17.1 Å². The second-order valence-corrected chi connectivity index (χ2v) is 14.4. The molecule has 0 radical (unpaired) electrons. The standard InChI is InChI=1S/C52H43N/c1-3-11-38(12-4-1)41-25-31-48(32-26-41)53(50-35-29-43(30-36-50)47-18-9-17-46(37-47)39-13-5-2-6-14-39)49-33-27-42(28-34-49)40-21-23-45(24-22-40)52-20-10-16-44-15-7-8-19-51(44)52/h1,3-4,7-12,15-37,39H,2,5-6,13-14H2. The SMILES string of the molecule is c1ccc(-c2ccc(N(c3ccc(-c4ccc(-c5cccc6ccccc56)cc4)cc3)c3ccc(-c4cccc(C5CCCCC5)c4)cc3)cc2)cc1. The van der Waals surface area contributed by atoms with Crippen LogP contribution in [-0.4, -0.2) is 0 Å². The van der Waals surface area contributed by atoms with Crippen LogP contribution in [0.3, 0.4) is 0 Å². The molecular formula is C52H43N. The molecule has 1 aliphatic rings. The van der Waals surface area contributed by atoms with Crippen molar-refractivity contribution in [3.05, 3.63) is 200 Å². The predicted octanol–water partition coefficient (Wildman–Crippen LogP) is 15.0. The van der Waals surface area contributed by atoms with Crippen LogP contribution in [0.2, 0.25) is 0 Å². The van der Waals surface area contributed by atoms with E-state index in [0.717, 1.165) is 17.1 Å². The van der Waals surface area contributed by atoms with Crippen molar-refractivity contribution in [3.8, 4) is 44.5 Å². The van der Waals surface area contributed by atoms with Gasteiger partial charge in [0.15, 0.2) is 0 Å². The maximum absolute atomic E-state index is 2.43. The van der Waals surface area contributed by atoms with Crippen LogP contribution < -0.4 is 4.90 Å². The van der Waals surface area contributed by atoms with Crippen LogP contribution in [0.4, 0.5) is 17.1 Å². The summed E-state index contributed by atoms with van der Waals surface area (Å²) in [6.07, 6.45) is 6.71. The second kappa shape index (κ2) is 14.8. The van der Waals surface area contributed by atoms with Crippen molar-refractivity contribution in [3.63, 3.8) is 0 Å². The van der Waals surface area contributed by atoms with Gasteiger partial charge in [-0.2, -0.15) is 0 Å². The van der Waals surface area contributed by atoms with Crippen LogP contribution in [0.15, 0.2) is 194 Å². The molecule has 53 heavy (non-hydrogen) atoms. The Morgan fingerprint density at radius 1 is 0.340 bits per heavy atom. The van der Waals surface area contributed by atoms with Crippen molar-refractivity contribution in [2.24, 2.45) is 0 Å². The zero-order valence-electron chi connectivity index (χ0n) is 30.0. The van der Waals surface area contributed by atoms with E-state index in [1.165, 1.54) is 92.9 Å². The molecule has 1 saturated carbocycles. The van der Waals surface area contributed by atoms with Crippen molar-refractivity contribution in [1.29, 1.82) is 0 Å². The first kappa shape index (κ1) is 32.7. The van der Waals surface area contributed by atoms with E-state index < -0.39 is 0 Å². The molecule has 0 aliphatic heterocycles. The van der Waals surface area contributed by atoms with E-state index in [9.17, 15) is 0 Å². The van der Waals surface area contributed by atoms with Crippen LogP contribution in [0.1, 0.15) is 43.6 Å². The van der Waals surface area contributed by atoms with Crippen molar-refractivity contribution >= 4 is 27.8 Å². The average Bonchev–Trinajstić information content (AvgIpc) is 3.25. The molecule has 0 N–H and O–H groups in total. The molecule has 1 aliphatic carbocycles. The summed E-state index contributed by atoms with van der Waals surface area (Å²) in [6, 6.07) is 71.1. The molecular weight excluding hydrogens is 639 g/mol. The predicted molar refractivity (Wildman–Crippen MR) is 226 cm³/mol. The minimum Gasteiger partial charge on any atom is -0.311 e. The second-order valence-electron chi connectivity index (χ2n) is 14.4. The molecule has 1 nitrogen and oxygen atoms in total. The van der Waals surface area contributed by atoms with E-state index >= 15 is 0 Å². The maximum atomic E-state index is 2.43. The first-order chi connectivity index (χ1) is 26.3. The summed E-state index contributed by atoms with van der Waals surface area (Å²) >= 11 is 0. The number of fused-ring (bicyclic) bond motifs is 1. The quantitative estimate of drug-likeness (QED) is 0.154. The summed E-state index contributed by atoms with van der Waals surface area (Å²) in [5, 5.41) is 2.55. The van der Waals surface area contributed by atoms with E-state index in [1.807, 2.05) is 0 Å². The fourth-order valence-electron chi connectivity index (χ4n) is 8.21. The normalized spacial score (nSPS) is 13.2. The minimum absolute atomic E-state index is 0.697. The van der Waals surface area contributed by atoms with E-state index in [-0.39, 0.29) is 0 Å². The van der Waals surface area contributed by atoms with Crippen molar-refractivity contribution < 1.29 is 0 Å². The number of hydrogen-bond acceptors (Lipinski definition) is 1. The third kappa shape index (κ3) is 6.91. The van der Waals surface area contributed by atoms with Gasteiger partial charge in [0.1, 0.15) is 0 Å². The Kier molecular flexibility index (Phi) is 9.14. The Labute approximate surface area is 313 Å². The zero-order chi connectivity index (χ0) is 35.4. The van der Waals surface area contributed by atoms with Gasteiger partial charge in [0.2, 0.25) is 0 Å². The van der Waals surface area contributed by atoms with E-state index in [4.69, 9.17) is 0 Å². The molecule has 1 heteroatoms. The molecule has 8 aromatic carbocycles.